The molecule has 5 heteroatoms. The fraction of sp³-hybridized carbons (Fsp3) is 0.467. The Labute approximate surface area is 118 Å². The van der Waals surface area contributed by atoms with Gasteiger partial charge >= 0.3 is 6.03 Å². The minimum absolute atomic E-state index is 0.134. The summed E-state index contributed by atoms with van der Waals surface area (Å²) in [6, 6.07) is 6.33. The summed E-state index contributed by atoms with van der Waals surface area (Å²) < 4.78 is 0. The second-order valence-electron chi connectivity index (χ2n) is 6.24. The number of rotatable bonds is 1. The van der Waals surface area contributed by atoms with Gasteiger partial charge in [-0.15, -0.1) is 0 Å². The summed E-state index contributed by atoms with van der Waals surface area (Å²) in [5, 5.41) is 0. The van der Waals surface area contributed by atoms with Gasteiger partial charge in [0, 0.05) is 12.2 Å². The van der Waals surface area contributed by atoms with Crippen molar-refractivity contribution >= 4 is 23.3 Å². The normalized spacial score (nSPS) is 25.0. The second kappa shape index (κ2) is 4.23. The van der Waals surface area contributed by atoms with Gasteiger partial charge in [0.05, 0.1) is 5.69 Å². The minimum atomic E-state index is -0.356. The van der Waals surface area contributed by atoms with Crippen LogP contribution >= 0.6 is 0 Å². The predicted octanol–water partition coefficient (Wildman–Crippen LogP) is 2.23. The lowest BCUT2D eigenvalue weighted by Gasteiger charge is -2.39. The Hall–Kier alpha value is -2.04. The molecule has 0 radical (unpaired) electrons. The van der Waals surface area contributed by atoms with E-state index < -0.39 is 0 Å². The van der Waals surface area contributed by atoms with E-state index in [0.29, 0.717) is 17.9 Å². The van der Waals surface area contributed by atoms with Gasteiger partial charge in [-0.25, -0.2) is 9.69 Å². The Balaban J connectivity index is 2.02. The molecule has 3 amide bonds. The van der Waals surface area contributed by atoms with Crippen molar-refractivity contribution in [2.24, 2.45) is 5.41 Å². The molecule has 0 saturated carbocycles. The topological polar surface area (TPSA) is 66.6 Å². The molecule has 0 aromatic heterocycles. The van der Waals surface area contributed by atoms with Crippen molar-refractivity contribution in [1.29, 1.82) is 0 Å². The van der Waals surface area contributed by atoms with E-state index in [9.17, 15) is 9.59 Å². The molecule has 2 N–H and O–H groups in total. The SMILES string of the molecule is CC1(C)CCCN2C(=O)N(c3cccc(N)c3)C(=O)C21. The number of fused-ring (bicyclic) bond motifs is 1. The van der Waals surface area contributed by atoms with Crippen molar-refractivity contribution < 1.29 is 9.59 Å². The number of amides is 3. The zero-order chi connectivity index (χ0) is 14.5. The number of nitrogen functional groups attached to an aromatic ring is 1. The van der Waals surface area contributed by atoms with Gasteiger partial charge in [0.25, 0.3) is 5.91 Å². The van der Waals surface area contributed by atoms with E-state index in [4.69, 9.17) is 5.73 Å². The summed E-state index contributed by atoms with van der Waals surface area (Å²) in [5.74, 6) is -0.134. The quantitative estimate of drug-likeness (QED) is 0.630. The molecule has 3 rings (SSSR count). The molecule has 2 aliphatic rings. The van der Waals surface area contributed by atoms with Gasteiger partial charge in [-0.3, -0.25) is 4.79 Å². The van der Waals surface area contributed by atoms with Crippen LogP contribution in [0, 0.1) is 5.41 Å². The molecule has 1 atom stereocenters. The van der Waals surface area contributed by atoms with E-state index in [0.717, 1.165) is 12.8 Å². The highest BCUT2D eigenvalue weighted by atomic mass is 16.2. The van der Waals surface area contributed by atoms with Gasteiger partial charge in [-0.1, -0.05) is 19.9 Å². The lowest BCUT2D eigenvalue weighted by Crippen LogP contribution is -2.49. The third kappa shape index (κ3) is 1.77. The van der Waals surface area contributed by atoms with Gasteiger partial charge in [0.1, 0.15) is 6.04 Å². The van der Waals surface area contributed by atoms with Gasteiger partial charge in [-0.2, -0.15) is 0 Å². The molecule has 2 fully saturated rings. The van der Waals surface area contributed by atoms with E-state index >= 15 is 0 Å². The van der Waals surface area contributed by atoms with Gasteiger partial charge in [0.2, 0.25) is 0 Å². The first-order valence-electron chi connectivity index (χ1n) is 6.92. The standard InChI is InChI=1S/C15H19N3O2/c1-15(2)7-4-8-17-12(15)13(19)18(14(17)20)11-6-3-5-10(16)9-11/h3,5-6,9,12H,4,7-8,16H2,1-2H3. The number of anilines is 2. The van der Waals surface area contributed by atoms with Crippen LogP contribution in [0.15, 0.2) is 24.3 Å². The molecular formula is C15H19N3O2. The van der Waals surface area contributed by atoms with Crippen molar-refractivity contribution in [1.82, 2.24) is 4.90 Å². The lowest BCUT2D eigenvalue weighted by molar-refractivity contribution is -0.124. The highest BCUT2D eigenvalue weighted by Crippen LogP contribution is 2.41. The third-order valence-corrected chi connectivity index (χ3v) is 4.29. The first-order chi connectivity index (χ1) is 9.42. The lowest BCUT2D eigenvalue weighted by atomic mass is 9.77. The molecule has 1 aromatic rings. The number of urea groups is 1. The maximum atomic E-state index is 12.7. The van der Waals surface area contributed by atoms with Crippen LogP contribution in [-0.4, -0.2) is 29.4 Å². The Kier molecular flexibility index (Phi) is 2.74. The molecule has 106 valence electrons. The van der Waals surface area contributed by atoms with Crippen LogP contribution in [-0.2, 0) is 4.79 Å². The van der Waals surface area contributed by atoms with Crippen molar-refractivity contribution in [2.75, 3.05) is 17.2 Å². The average molecular weight is 273 g/mol. The van der Waals surface area contributed by atoms with Crippen LogP contribution in [0.25, 0.3) is 0 Å². The Morgan fingerprint density at radius 2 is 2.05 bits per heavy atom. The fourth-order valence-electron chi connectivity index (χ4n) is 3.31. The number of hydrogen-bond donors (Lipinski definition) is 1. The van der Waals surface area contributed by atoms with Gasteiger partial charge in [0.15, 0.2) is 0 Å². The van der Waals surface area contributed by atoms with Crippen LogP contribution < -0.4 is 10.6 Å². The molecule has 0 bridgehead atoms. The van der Waals surface area contributed by atoms with Crippen LogP contribution in [0.4, 0.5) is 16.2 Å². The summed E-state index contributed by atoms with van der Waals surface area (Å²) in [6.07, 6.45) is 1.89. The maximum absolute atomic E-state index is 12.7. The Bertz CT molecular complexity index is 582. The number of hydrogen-bond acceptors (Lipinski definition) is 3. The fourth-order valence-corrected chi connectivity index (χ4v) is 3.31. The van der Waals surface area contributed by atoms with Crippen LogP contribution in [0.1, 0.15) is 26.7 Å². The molecule has 5 nitrogen and oxygen atoms in total. The van der Waals surface area contributed by atoms with Crippen molar-refractivity contribution in [3.8, 4) is 0 Å². The van der Waals surface area contributed by atoms with E-state index in [1.165, 1.54) is 4.90 Å². The molecule has 0 spiro atoms. The number of carbonyl (C=O) groups excluding carboxylic acids is 2. The van der Waals surface area contributed by atoms with Crippen LogP contribution in [0.2, 0.25) is 0 Å². The van der Waals surface area contributed by atoms with Gasteiger partial charge < -0.3 is 10.6 Å². The predicted molar refractivity (Wildman–Crippen MR) is 77.2 cm³/mol. The molecular weight excluding hydrogens is 254 g/mol. The number of piperidine rings is 1. The first-order valence-corrected chi connectivity index (χ1v) is 6.92. The minimum Gasteiger partial charge on any atom is -0.399 e. The van der Waals surface area contributed by atoms with Crippen LogP contribution in [0.3, 0.4) is 0 Å². The summed E-state index contributed by atoms with van der Waals surface area (Å²) in [5.41, 5.74) is 6.68. The average Bonchev–Trinajstić information content (AvgIpc) is 2.62. The number of nitrogens with zero attached hydrogens (tertiary/aromatic N) is 2. The molecule has 2 saturated heterocycles. The highest BCUT2D eigenvalue weighted by Gasteiger charge is 2.53. The van der Waals surface area contributed by atoms with Crippen molar-refractivity contribution in [3.63, 3.8) is 0 Å². The summed E-state index contributed by atoms with van der Waals surface area (Å²) in [6.45, 7) is 4.76. The Morgan fingerprint density at radius 3 is 2.70 bits per heavy atom. The molecule has 0 aliphatic carbocycles. The molecule has 1 aromatic carbocycles. The summed E-state index contributed by atoms with van der Waals surface area (Å²) >= 11 is 0. The van der Waals surface area contributed by atoms with E-state index in [1.807, 2.05) is 0 Å². The van der Waals surface area contributed by atoms with Crippen molar-refractivity contribution in [2.45, 2.75) is 32.7 Å². The van der Waals surface area contributed by atoms with Crippen molar-refractivity contribution in [3.05, 3.63) is 24.3 Å². The number of imide groups is 1. The maximum Gasteiger partial charge on any atom is 0.332 e. The smallest absolute Gasteiger partial charge is 0.332 e. The van der Waals surface area contributed by atoms with E-state index in [1.54, 1.807) is 29.2 Å². The zero-order valence-electron chi connectivity index (χ0n) is 11.8. The van der Waals surface area contributed by atoms with E-state index in [2.05, 4.69) is 13.8 Å². The van der Waals surface area contributed by atoms with Crippen LogP contribution in [0.5, 0.6) is 0 Å². The second-order valence-corrected chi connectivity index (χ2v) is 6.24. The summed E-state index contributed by atoms with van der Waals surface area (Å²) in [4.78, 5) is 28.2. The summed E-state index contributed by atoms with van der Waals surface area (Å²) in [7, 11) is 0. The first kappa shape index (κ1) is 13.0. The van der Waals surface area contributed by atoms with Gasteiger partial charge in [-0.05, 0) is 36.5 Å². The third-order valence-electron chi connectivity index (χ3n) is 4.29. The molecule has 1 unspecified atom stereocenters. The number of carbonyl (C=O) groups is 2. The largest absolute Gasteiger partial charge is 0.399 e. The monoisotopic (exact) mass is 273 g/mol. The molecule has 20 heavy (non-hydrogen) atoms. The highest BCUT2D eigenvalue weighted by molar-refractivity contribution is 6.21. The molecule has 2 aliphatic heterocycles. The number of benzene rings is 1. The Morgan fingerprint density at radius 1 is 1.30 bits per heavy atom. The number of nitrogens with two attached hydrogens (primary N) is 1. The molecule has 2 heterocycles. The zero-order valence-corrected chi connectivity index (χ0v) is 11.8. The van der Waals surface area contributed by atoms with E-state index in [-0.39, 0.29) is 23.4 Å².